The molecule has 1 fully saturated rings. The van der Waals surface area contributed by atoms with Gasteiger partial charge in [-0.3, -0.25) is 14.6 Å². The number of rotatable bonds is 4. The molecule has 142 valence electrons. The van der Waals surface area contributed by atoms with Gasteiger partial charge in [0.05, 0.1) is 11.1 Å². The molecule has 6 nitrogen and oxygen atoms in total. The van der Waals surface area contributed by atoms with Gasteiger partial charge in [0.15, 0.2) is 0 Å². The van der Waals surface area contributed by atoms with Crippen LogP contribution in [0, 0.1) is 0 Å². The number of hydrogen-bond acceptors (Lipinski definition) is 4. The van der Waals surface area contributed by atoms with Crippen molar-refractivity contribution in [3.8, 4) is 5.75 Å². The molecule has 1 aliphatic heterocycles. The Bertz CT molecular complexity index is 813. The third-order valence-corrected chi connectivity index (χ3v) is 4.96. The van der Waals surface area contributed by atoms with E-state index in [0.717, 1.165) is 5.56 Å². The second-order valence-electron chi connectivity index (χ2n) is 7.21. The Morgan fingerprint density at radius 3 is 2.59 bits per heavy atom. The molecule has 2 amide bonds. The molecule has 1 aromatic heterocycles. The predicted octanol–water partition coefficient (Wildman–Crippen LogP) is 2.95. The van der Waals surface area contributed by atoms with Crippen molar-refractivity contribution in [2.24, 2.45) is 0 Å². The van der Waals surface area contributed by atoms with E-state index in [-0.39, 0.29) is 29.5 Å². The van der Waals surface area contributed by atoms with Gasteiger partial charge in [-0.15, -0.1) is 0 Å². The van der Waals surface area contributed by atoms with Gasteiger partial charge in [0.1, 0.15) is 5.75 Å². The maximum atomic E-state index is 12.8. The number of aromatic hydroxyl groups is 1. The van der Waals surface area contributed by atoms with Crippen LogP contribution in [0.1, 0.15) is 58.9 Å². The minimum absolute atomic E-state index is 0.0106. The summed E-state index contributed by atoms with van der Waals surface area (Å²) >= 11 is 0. The molecule has 2 heterocycles. The maximum Gasteiger partial charge on any atom is 0.257 e. The Hall–Kier alpha value is -2.89. The second-order valence-corrected chi connectivity index (χ2v) is 7.21. The van der Waals surface area contributed by atoms with Crippen molar-refractivity contribution in [1.82, 2.24) is 15.2 Å². The average molecular weight is 367 g/mol. The van der Waals surface area contributed by atoms with E-state index in [1.54, 1.807) is 41.6 Å². The van der Waals surface area contributed by atoms with Gasteiger partial charge in [0.25, 0.3) is 11.8 Å². The van der Waals surface area contributed by atoms with Crippen molar-refractivity contribution in [1.29, 1.82) is 0 Å². The molecule has 6 heteroatoms. The second kappa shape index (κ2) is 8.20. The molecule has 27 heavy (non-hydrogen) atoms. The molecule has 0 bridgehead atoms. The Morgan fingerprint density at radius 1 is 1.22 bits per heavy atom. The first-order valence-corrected chi connectivity index (χ1v) is 9.28. The molecule has 0 aliphatic carbocycles. The Kier molecular flexibility index (Phi) is 5.74. The zero-order valence-corrected chi connectivity index (χ0v) is 15.7. The van der Waals surface area contributed by atoms with E-state index in [4.69, 9.17) is 0 Å². The lowest BCUT2D eigenvalue weighted by Gasteiger charge is -2.32. The molecule has 0 spiro atoms. The number of amides is 2. The van der Waals surface area contributed by atoms with Gasteiger partial charge in [0, 0.05) is 31.5 Å². The van der Waals surface area contributed by atoms with Crippen molar-refractivity contribution >= 4 is 11.8 Å². The molecule has 2 N–H and O–H groups in total. The van der Waals surface area contributed by atoms with Gasteiger partial charge in [-0.25, -0.2) is 0 Å². The van der Waals surface area contributed by atoms with Crippen molar-refractivity contribution in [2.45, 2.75) is 38.6 Å². The van der Waals surface area contributed by atoms with Gasteiger partial charge < -0.3 is 15.3 Å². The van der Waals surface area contributed by atoms with Crippen molar-refractivity contribution in [3.63, 3.8) is 0 Å². The molecule has 0 unspecified atom stereocenters. The van der Waals surface area contributed by atoms with Crippen LogP contribution in [0.15, 0.2) is 42.7 Å². The Morgan fingerprint density at radius 2 is 1.96 bits per heavy atom. The van der Waals surface area contributed by atoms with E-state index < -0.39 is 0 Å². The van der Waals surface area contributed by atoms with E-state index >= 15 is 0 Å². The Balaban J connectivity index is 1.60. The lowest BCUT2D eigenvalue weighted by Crippen LogP contribution is -2.46. The van der Waals surface area contributed by atoms with Crippen LogP contribution in [-0.4, -0.2) is 45.9 Å². The number of pyridine rings is 1. The summed E-state index contributed by atoms with van der Waals surface area (Å²) in [7, 11) is 0. The molecular weight excluding hydrogens is 342 g/mol. The SMILES string of the molecule is CC(C)c1ccc(O)c(C(=O)N2CCC(NC(=O)c3cccnc3)CC2)c1. The molecule has 0 saturated carbocycles. The van der Waals surface area contributed by atoms with Crippen molar-refractivity contribution < 1.29 is 14.7 Å². The average Bonchev–Trinajstić information content (AvgIpc) is 2.69. The molecule has 1 saturated heterocycles. The molecule has 1 aromatic carbocycles. The highest BCUT2D eigenvalue weighted by atomic mass is 16.3. The number of aromatic nitrogens is 1. The minimum atomic E-state index is -0.160. The van der Waals surface area contributed by atoms with E-state index in [1.165, 1.54) is 0 Å². The summed E-state index contributed by atoms with van der Waals surface area (Å²) in [5.74, 6) is -0.0100. The van der Waals surface area contributed by atoms with Gasteiger partial charge in [-0.1, -0.05) is 19.9 Å². The van der Waals surface area contributed by atoms with Crippen LogP contribution >= 0.6 is 0 Å². The van der Waals surface area contributed by atoms with Crippen molar-refractivity contribution in [2.75, 3.05) is 13.1 Å². The van der Waals surface area contributed by atoms with E-state index in [2.05, 4.69) is 24.1 Å². The zero-order chi connectivity index (χ0) is 19.4. The molecule has 0 radical (unpaired) electrons. The summed E-state index contributed by atoms with van der Waals surface area (Å²) in [5, 5.41) is 13.1. The summed E-state index contributed by atoms with van der Waals surface area (Å²) in [4.78, 5) is 30.7. The topological polar surface area (TPSA) is 82.5 Å². The highest BCUT2D eigenvalue weighted by Crippen LogP contribution is 2.25. The summed E-state index contributed by atoms with van der Waals surface area (Å²) in [6, 6.07) is 8.69. The van der Waals surface area contributed by atoms with Crippen molar-refractivity contribution in [3.05, 3.63) is 59.4 Å². The number of nitrogens with zero attached hydrogens (tertiary/aromatic N) is 2. The number of phenolic OH excluding ortho intramolecular Hbond substituents is 1. The third kappa shape index (κ3) is 4.45. The summed E-state index contributed by atoms with van der Waals surface area (Å²) in [6.45, 7) is 5.19. The van der Waals surface area contributed by atoms with Crippen LogP contribution in [0.2, 0.25) is 0 Å². The van der Waals surface area contributed by atoms with Crippen LogP contribution in [0.4, 0.5) is 0 Å². The first-order chi connectivity index (χ1) is 13.0. The molecule has 2 aromatic rings. The fourth-order valence-electron chi connectivity index (χ4n) is 3.25. The number of carbonyl (C=O) groups is 2. The molecule has 0 atom stereocenters. The normalized spacial score (nSPS) is 15.0. The summed E-state index contributed by atoms with van der Waals surface area (Å²) in [5.41, 5.74) is 1.90. The Labute approximate surface area is 159 Å². The lowest BCUT2D eigenvalue weighted by atomic mass is 9.98. The van der Waals surface area contributed by atoms with Gasteiger partial charge in [-0.05, 0) is 48.6 Å². The van der Waals surface area contributed by atoms with Gasteiger partial charge in [0.2, 0.25) is 0 Å². The van der Waals surface area contributed by atoms with Crippen LogP contribution in [-0.2, 0) is 0 Å². The number of piperidine rings is 1. The number of benzene rings is 1. The first kappa shape index (κ1) is 18.9. The van der Waals surface area contributed by atoms with E-state index in [0.29, 0.717) is 37.1 Å². The third-order valence-electron chi connectivity index (χ3n) is 4.96. The van der Waals surface area contributed by atoms with Crippen LogP contribution < -0.4 is 5.32 Å². The van der Waals surface area contributed by atoms with Crippen LogP contribution in [0.5, 0.6) is 5.75 Å². The molecule has 1 aliphatic rings. The van der Waals surface area contributed by atoms with Gasteiger partial charge in [-0.2, -0.15) is 0 Å². The molecular formula is C21H25N3O3. The minimum Gasteiger partial charge on any atom is -0.507 e. The highest BCUT2D eigenvalue weighted by Gasteiger charge is 2.26. The smallest absolute Gasteiger partial charge is 0.257 e. The number of nitrogens with one attached hydrogen (secondary N) is 1. The largest absolute Gasteiger partial charge is 0.507 e. The van der Waals surface area contributed by atoms with E-state index in [9.17, 15) is 14.7 Å². The quantitative estimate of drug-likeness (QED) is 0.870. The number of carbonyl (C=O) groups excluding carboxylic acids is 2. The first-order valence-electron chi connectivity index (χ1n) is 9.28. The van der Waals surface area contributed by atoms with Crippen LogP contribution in [0.25, 0.3) is 0 Å². The standard InChI is InChI=1S/C21H25N3O3/c1-14(2)15-5-6-19(25)18(12-15)21(27)24-10-7-17(8-11-24)23-20(26)16-4-3-9-22-13-16/h3-6,9,12-14,17,25H,7-8,10-11H2,1-2H3,(H,23,26). The monoisotopic (exact) mass is 367 g/mol. The number of likely N-dealkylation sites (tertiary alicyclic amines) is 1. The van der Waals surface area contributed by atoms with Gasteiger partial charge >= 0.3 is 0 Å². The van der Waals surface area contributed by atoms with Crippen LogP contribution in [0.3, 0.4) is 0 Å². The predicted molar refractivity (Wildman–Crippen MR) is 103 cm³/mol. The molecule has 3 rings (SSSR count). The number of hydrogen-bond donors (Lipinski definition) is 2. The summed E-state index contributed by atoms with van der Waals surface area (Å²) < 4.78 is 0. The van der Waals surface area contributed by atoms with E-state index in [1.807, 2.05) is 6.07 Å². The summed E-state index contributed by atoms with van der Waals surface area (Å²) in [6.07, 6.45) is 4.54. The fourth-order valence-corrected chi connectivity index (χ4v) is 3.25. The fraction of sp³-hybridized carbons (Fsp3) is 0.381. The maximum absolute atomic E-state index is 12.8. The zero-order valence-electron chi connectivity index (χ0n) is 15.7. The number of phenols is 1. The lowest BCUT2D eigenvalue weighted by molar-refractivity contribution is 0.0695. The highest BCUT2D eigenvalue weighted by molar-refractivity contribution is 5.97.